The van der Waals surface area contributed by atoms with E-state index in [-0.39, 0.29) is 18.4 Å². The summed E-state index contributed by atoms with van der Waals surface area (Å²) in [5.74, 6) is 2.25. The summed E-state index contributed by atoms with van der Waals surface area (Å²) in [6, 6.07) is 0.375. The monoisotopic (exact) mass is 250 g/mol. The van der Waals surface area contributed by atoms with E-state index in [0.717, 1.165) is 24.7 Å². The van der Waals surface area contributed by atoms with Crippen molar-refractivity contribution in [2.45, 2.75) is 51.0 Å². The van der Waals surface area contributed by atoms with Gasteiger partial charge in [-0.15, -0.1) is 0 Å². The molecule has 3 atom stereocenters. The molecule has 0 aromatic heterocycles. The summed E-state index contributed by atoms with van der Waals surface area (Å²) in [6.45, 7) is 0.149. The first kappa shape index (κ1) is 12.0. The highest BCUT2D eigenvalue weighted by Crippen LogP contribution is 2.49. The Morgan fingerprint density at radius 2 is 1.83 bits per heavy atom. The van der Waals surface area contributed by atoms with Crippen LogP contribution in [0.4, 0.5) is 0 Å². The highest BCUT2D eigenvalue weighted by molar-refractivity contribution is 5.85. The van der Waals surface area contributed by atoms with Crippen molar-refractivity contribution in [2.75, 3.05) is 6.54 Å². The number of rotatable bonds is 5. The minimum atomic E-state index is -0.0428. The third-order valence-corrected chi connectivity index (χ3v) is 4.72. The average molecular weight is 250 g/mol. The van der Waals surface area contributed by atoms with E-state index in [0.29, 0.717) is 18.4 Å². The summed E-state index contributed by atoms with van der Waals surface area (Å²) in [6.07, 6.45) is 8.04. The number of fused-ring (bicyclic) bond motifs is 2. The molecule has 0 aromatic rings. The zero-order valence-corrected chi connectivity index (χ0v) is 10.8. The van der Waals surface area contributed by atoms with E-state index in [1.165, 1.54) is 25.7 Å². The Bertz CT molecular complexity index is 352. The zero-order valence-electron chi connectivity index (χ0n) is 10.8. The van der Waals surface area contributed by atoms with Crippen molar-refractivity contribution in [1.82, 2.24) is 10.6 Å². The highest BCUT2D eigenvalue weighted by atomic mass is 16.2. The maximum atomic E-state index is 11.8. The lowest BCUT2D eigenvalue weighted by molar-refractivity contribution is -0.126. The molecule has 2 N–H and O–H groups in total. The smallest absolute Gasteiger partial charge is 0.239 e. The molecule has 3 rings (SSSR count). The largest absolute Gasteiger partial charge is 0.352 e. The predicted molar refractivity (Wildman–Crippen MR) is 67.7 cm³/mol. The molecule has 4 heteroatoms. The number of nitrogens with one attached hydrogen (secondary N) is 2. The first-order valence-electron chi connectivity index (χ1n) is 7.27. The SMILES string of the molecule is O=C(C[C@@H]1C[C@@H]2CC[C@H]1C2)NCC(=O)NC1CC1. The molecule has 0 radical (unpaired) electrons. The first-order chi connectivity index (χ1) is 8.70. The van der Waals surface area contributed by atoms with Gasteiger partial charge in [0.2, 0.25) is 11.8 Å². The molecule has 0 saturated heterocycles. The molecule has 2 bridgehead atoms. The van der Waals surface area contributed by atoms with Crippen molar-refractivity contribution in [1.29, 1.82) is 0 Å². The summed E-state index contributed by atoms with van der Waals surface area (Å²) < 4.78 is 0. The normalized spacial score (nSPS) is 33.4. The van der Waals surface area contributed by atoms with E-state index in [9.17, 15) is 9.59 Å². The summed E-state index contributed by atoms with van der Waals surface area (Å²) in [7, 11) is 0. The fourth-order valence-corrected chi connectivity index (χ4v) is 3.62. The van der Waals surface area contributed by atoms with Gasteiger partial charge in [0.05, 0.1) is 6.54 Å². The van der Waals surface area contributed by atoms with Crippen molar-refractivity contribution in [3.05, 3.63) is 0 Å². The van der Waals surface area contributed by atoms with Crippen molar-refractivity contribution in [2.24, 2.45) is 17.8 Å². The van der Waals surface area contributed by atoms with Crippen molar-refractivity contribution in [3.8, 4) is 0 Å². The van der Waals surface area contributed by atoms with Crippen LogP contribution in [-0.2, 0) is 9.59 Å². The molecule has 100 valence electrons. The zero-order chi connectivity index (χ0) is 12.5. The summed E-state index contributed by atoms with van der Waals surface area (Å²) in [5, 5.41) is 5.63. The lowest BCUT2D eigenvalue weighted by Gasteiger charge is -2.20. The van der Waals surface area contributed by atoms with Crippen LogP contribution in [0.25, 0.3) is 0 Å². The molecule has 0 aliphatic heterocycles. The minimum absolute atomic E-state index is 0.0428. The second kappa shape index (κ2) is 4.90. The van der Waals surface area contributed by atoms with Gasteiger partial charge in [-0.05, 0) is 49.9 Å². The Labute approximate surface area is 108 Å². The van der Waals surface area contributed by atoms with Crippen molar-refractivity contribution >= 4 is 11.8 Å². The topological polar surface area (TPSA) is 58.2 Å². The minimum Gasteiger partial charge on any atom is -0.352 e. The van der Waals surface area contributed by atoms with Crippen LogP contribution in [0.1, 0.15) is 44.9 Å². The molecule has 4 nitrogen and oxygen atoms in total. The van der Waals surface area contributed by atoms with Crippen molar-refractivity contribution in [3.63, 3.8) is 0 Å². The fourth-order valence-electron chi connectivity index (χ4n) is 3.62. The molecule has 18 heavy (non-hydrogen) atoms. The second-order valence-electron chi connectivity index (χ2n) is 6.26. The maximum absolute atomic E-state index is 11.8. The Hall–Kier alpha value is -1.06. The molecular formula is C14H22N2O2. The van der Waals surface area contributed by atoms with Gasteiger partial charge in [-0.25, -0.2) is 0 Å². The molecule has 2 amide bonds. The number of carbonyl (C=O) groups excluding carboxylic acids is 2. The van der Waals surface area contributed by atoms with Gasteiger partial charge in [0, 0.05) is 12.5 Å². The van der Waals surface area contributed by atoms with Crippen LogP contribution < -0.4 is 10.6 Å². The molecule has 0 heterocycles. The molecule has 3 saturated carbocycles. The molecule has 0 aromatic carbocycles. The molecule has 0 spiro atoms. The molecule has 0 unspecified atom stereocenters. The van der Waals surface area contributed by atoms with E-state index < -0.39 is 0 Å². The Balaban J connectivity index is 1.35. The predicted octanol–water partition coefficient (Wildman–Crippen LogP) is 1.21. The molecular weight excluding hydrogens is 228 g/mol. The number of hydrogen-bond donors (Lipinski definition) is 2. The van der Waals surface area contributed by atoms with E-state index in [1.807, 2.05) is 0 Å². The average Bonchev–Trinajstić information content (AvgIpc) is 2.90. The Morgan fingerprint density at radius 3 is 2.44 bits per heavy atom. The van der Waals surface area contributed by atoms with Gasteiger partial charge >= 0.3 is 0 Å². The van der Waals surface area contributed by atoms with Crippen molar-refractivity contribution < 1.29 is 9.59 Å². The lowest BCUT2D eigenvalue weighted by atomic mass is 9.86. The fraction of sp³-hybridized carbons (Fsp3) is 0.857. The van der Waals surface area contributed by atoms with E-state index in [1.54, 1.807) is 0 Å². The summed E-state index contributed by atoms with van der Waals surface area (Å²) in [5.41, 5.74) is 0. The van der Waals surface area contributed by atoms with Crippen LogP contribution in [-0.4, -0.2) is 24.4 Å². The van der Waals surface area contributed by atoms with Gasteiger partial charge in [0.25, 0.3) is 0 Å². The maximum Gasteiger partial charge on any atom is 0.239 e. The highest BCUT2D eigenvalue weighted by Gasteiger charge is 2.40. The van der Waals surface area contributed by atoms with Gasteiger partial charge in [-0.3, -0.25) is 9.59 Å². The van der Waals surface area contributed by atoms with Gasteiger partial charge in [-0.2, -0.15) is 0 Å². The molecule has 3 aliphatic carbocycles. The summed E-state index contributed by atoms with van der Waals surface area (Å²) in [4.78, 5) is 23.2. The first-order valence-corrected chi connectivity index (χ1v) is 7.27. The Kier molecular flexibility index (Phi) is 3.27. The number of carbonyl (C=O) groups is 2. The van der Waals surface area contributed by atoms with E-state index >= 15 is 0 Å². The molecule has 3 aliphatic rings. The van der Waals surface area contributed by atoms with E-state index in [2.05, 4.69) is 10.6 Å². The second-order valence-corrected chi connectivity index (χ2v) is 6.26. The molecule has 3 fully saturated rings. The van der Waals surface area contributed by atoms with Gasteiger partial charge in [0.1, 0.15) is 0 Å². The quantitative estimate of drug-likeness (QED) is 0.770. The lowest BCUT2D eigenvalue weighted by Crippen LogP contribution is -2.38. The van der Waals surface area contributed by atoms with Crippen LogP contribution in [0.2, 0.25) is 0 Å². The third-order valence-electron chi connectivity index (χ3n) is 4.72. The standard InChI is InChI=1S/C14H22N2O2/c17-13(15-8-14(18)16-12-3-4-12)7-11-6-9-1-2-10(11)5-9/h9-12H,1-8H2,(H,15,17)(H,16,18)/t9-,10+,11+/m1/s1. The van der Waals surface area contributed by atoms with Gasteiger partial charge in [0.15, 0.2) is 0 Å². The third kappa shape index (κ3) is 2.85. The van der Waals surface area contributed by atoms with Crippen LogP contribution >= 0.6 is 0 Å². The van der Waals surface area contributed by atoms with Crippen LogP contribution in [0.5, 0.6) is 0 Å². The number of hydrogen-bond acceptors (Lipinski definition) is 2. The van der Waals surface area contributed by atoms with Crippen LogP contribution in [0.15, 0.2) is 0 Å². The van der Waals surface area contributed by atoms with Crippen LogP contribution in [0, 0.1) is 17.8 Å². The Morgan fingerprint density at radius 1 is 1.00 bits per heavy atom. The summed E-state index contributed by atoms with van der Waals surface area (Å²) >= 11 is 0. The number of amides is 2. The van der Waals surface area contributed by atoms with Gasteiger partial charge in [-0.1, -0.05) is 6.42 Å². The van der Waals surface area contributed by atoms with Crippen LogP contribution in [0.3, 0.4) is 0 Å². The van der Waals surface area contributed by atoms with E-state index in [4.69, 9.17) is 0 Å². The van der Waals surface area contributed by atoms with Gasteiger partial charge < -0.3 is 10.6 Å².